The Kier molecular flexibility index (Phi) is 7.37. The third-order valence-electron chi connectivity index (χ3n) is 3.94. The third-order valence-corrected chi connectivity index (χ3v) is 3.94. The van der Waals surface area contributed by atoms with E-state index in [4.69, 9.17) is 0 Å². The molecule has 4 heteroatoms. The first-order valence-corrected chi connectivity index (χ1v) is 8.74. The Balaban J connectivity index is 1.79. The standard InChI is InChI=1S/C22H24N2O2/c1-3-17-5-9-19(10-6-17)13-15-21(25)23-24-22(26)16-14-20-11-7-18(4-2)8-12-20/h5-16H,3-4H2,1-2H3,(H,23,25)(H,24,26)/b15-13+,16-14+. The van der Waals surface area contributed by atoms with Crippen LogP contribution in [-0.4, -0.2) is 11.8 Å². The van der Waals surface area contributed by atoms with E-state index >= 15 is 0 Å². The van der Waals surface area contributed by atoms with Crippen LogP contribution in [0.1, 0.15) is 36.1 Å². The van der Waals surface area contributed by atoms with Crippen molar-refractivity contribution in [3.63, 3.8) is 0 Å². The van der Waals surface area contributed by atoms with Gasteiger partial charge in [0.05, 0.1) is 0 Å². The number of hydrogen-bond donors (Lipinski definition) is 2. The number of carbonyl (C=O) groups excluding carboxylic acids is 2. The van der Waals surface area contributed by atoms with Crippen LogP contribution in [0.2, 0.25) is 0 Å². The molecule has 0 aliphatic rings. The van der Waals surface area contributed by atoms with E-state index in [9.17, 15) is 9.59 Å². The van der Waals surface area contributed by atoms with Crippen LogP contribution in [-0.2, 0) is 22.4 Å². The maximum absolute atomic E-state index is 11.8. The van der Waals surface area contributed by atoms with Gasteiger partial charge in [0, 0.05) is 12.2 Å². The van der Waals surface area contributed by atoms with Gasteiger partial charge in [0.1, 0.15) is 0 Å². The zero-order valence-electron chi connectivity index (χ0n) is 15.2. The van der Waals surface area contributed by atoms with E-state index in [0.29, 0.717) is 0 Å². The maximum Gasteiger partial charge on any atom is 0.262 e. The number of nitrogens with one attached hydrogen (secondary N) is 2. The van der Waals surface area contributed by atoms with Gasteiger partial charge in [0.25, 0.3) is 11.8 Å². The fraction of sp³-hybridized carbons (Fsp3) is 0.182. The second-order valence-corrected chi connectivity index (χ2v) is 5.84. The van der Waals surface area contributed by atoms with Crippen LogP contribution in [0, 0.1) is 0 Å². The fourth-order valence-electron chi connectivity index (χ4n) is 2.28. The molecule has 0 saturated heterocycles. The Morgan fingerprint density at radius 2 is 1.04 bits per heavy atom. The smallest absolute Gasteiger partial charge is 0.262 e. The minimum atomic E-state index is -0.390. The van der Waals surface area contributed by atoms with E-state index in [1.165, 1.54) is 23.3 Å². The normalized spacial score (nSPS) is 11.0. The lowest BCUT2D eigenvalue weighted by molar-refractivity contribution is -0.123. The number of carbonyl (C=O) groups is 2. The van der Waals surface area contributed by atoms with E-state index in [-0.39, 0.29) is 0 Å². The van der Waals surface area contributed by atoms with Crippen LogP contribution >= 0.6 is 0 Å². The minimum absolute atomic E-state index is 0.390. The Morgan fingerprint density at radius 3 is 1.35 bits per heavy atom. The molecular formula is C22H24N2O2. The number of rotatable bonds is 6. The third kappa shape index (κ3) is 6.40. The van der Waals surface area contributed by atoms with Crippen molar-refractivity contribution in [3.8, 4) is 0 Å². The van der Waals surface area contributed by atoms with E-state index in [1.807, 2.05) is 48.5 Å². The molecule has 0 fully saturated rings. The summed E-state index contributed by atoms with van der Waals surface area (Å²) >= 11 is 0. The lowest BCUT2D eigenvalue weighted by Crippen LogP contribution is -2.39. The molecule has 134 valence electrons. The number of amides is 2. The summed E-state index contributed by atoms with van der Waals surface area (Å²) in [5, 5.41) is 0. The van der Waals surface area contributed by atoms with E-state index in [2.05, 4.69) is 24.7 Å². The van der Waals surface area contributed by atoms with Crippen LogP contribution in [0.4, 0.5) is 0 Å². The first-order valence-electron chi connectivity index (χ1n) is 8.74. The zero-order valence-corrected chi connectivity index (χ0v) is 15.2. The van der Waals surface area contributed by atoms with E-state index in [0.717, 1.165) is 24.0 Å². The first kappa shape index (κ1) is 19.2. The topological polar surface area (TPSA) is 58.2 Å². The molecule has 2 aromatic rings. The average Bonchev–Trinajstić information content (AvgIpc) is 2.69. The Hall–Kier alpha value is -3.14. The molecule has 2 rings (SSSR count). The van der Waals surface area contributed by atoms with Crippen LogP contribution in [0.3, 0.4) is 0 Å². The van der Waals surface area contributed by atoms with Crippen molar-refractivity contribution in [1.29, 1.82) is 0 Å². The van der Waals surface area contributed by atoms with Crippen molar-refractivity contribution in [2.45, 2.75) is 26.7 Å². The Bertz CT molecular complexity index is 718. The lowest BCUT2D eigenvalue weighted by atomic mass is 10.1. The van der Waals surface area contributed by atoms with Gasteiger partial charge in [0.2, 0.25) is 0 Å². The molecular weight excluding hydrogens is 324 g/mol. The molecule has 0 aliphatic heterocycles. The molecule has 0 atom stereocenters. The fourth-order valence-corrected chi connectivity index (χ4v) is 2.28. The van der Waals surface area contributed by atoms with Crippen molar-refractivity contribution < 1.29 is 9.59 Å². The molecule has 0 saturated carbocycles. The second-order valence-electron chi connectivity index (χ2n) is 5.84. The Morgan fingerprint density at radius 1 is 0.692 bits per heavy atom. The van der Waals surface area contributed by atoms with Crippen LogP contribution in [0.25, 0.3) is 12.2 Å². The summed E-state index contributed by atoms with van der Waals surface area (Å²) in [6.45, 7) is 4.19. The molecule has 0 bridgehead atoms. The van der Waals surface area contributed by atoms with Gasteiger partial charge >= 0.3 is 0 Å². The predicted octanol–water partition coefficient (Wildman–Crippen LogP) is 3.69. The second kappa shape index (κ2) is 9.99. The largest absolute Gasteiger partial charge is 0.268 e. The number of hydrogen-bond acceptors (Lipinski definition) is 2. The maximum atomic E-state index is 11.8. The zero-order chi connectivity index (χ0) is 18.8. The van der Waals surface area contributed by atoms with Gasteiger partial charge in [0.15, 0.2) is 0 Å². The van der Waals surface area contributed by atoms with Crippen molar-refractivity contribution in [2.24, 2.45) is 0 Å². The number of benzene rings is 2. The van der Waals surface area contributed by atoms with Gasteiger partial charge in [-0.15, -0.1) is 0 Å². The molecule has 2 amide bonds. The van der Waals surface area contributed by atoms with Crippen LogP contribution in [0.5, 0.6) is 0 Å². The minimum Gasteiger partial charge on any atom is -0.268 e. The summed E-state index contributed by atoms with van der Waals surface area (Å²) in [5.74, 6) is -0.780. The van der Waals surface area contributed by atoms with Crippen molar-refractivity contribution in [2.75, 3.05) is 0 Å². The lowest BCUT2D eigenvalue weighted by Gasteiger charge is -2.02. The van der Waals surface area contributed by atoms with Gasteiger partial charge in [-0.3, -0.25) is 20.4 Å². The molecule has 0 heterocycles. The highest BCUT2D eigenvalue weighted by Gasteiger charge is 1.98. The highest BCUT2D eigenvalue weighted by molar-refractivity contribution is 5.96. The van der Waals surface area contributed by atoms with Gasteiger partial charge in [-0.2, -0.15) is 0 Å². The highest BCUT2D eigenvalue weighted by Crippen LogP contribution is 2.07. The molecule has 2 N–H and O–H groups in total. The van der Waals surface area contributed by atoms with Crippen LogP contribution < -0.4 is 10.9 Å². The van der Waals surface area contributed by atoms with E-state index < -0.39 is 11.8 Å². The molecule has 0 radical (unpaired) electrons. The molecule has 0 aromatic heterocycles. The predicted molar refractivity (Wildman–Crippen MR) is 106 cm³/mol. The average molecular weight is 348 g/mol. The SMILES string of the molecule is CCc1ccc(/C=C/C(=O)NNC(=O)/C=C/c2ccc(CC)cc2)cc1. The summed E-state index contributed by atoms with van der Waals surface area (Å²) in [6, 6.07) is 15.9. The molecule has 0 unspecified atom stereocenters. The molecule has 2 aromatic carbocycles. The monoisotopic (exact) mass is 348 g/mol. The summed E-state index contributed by atoms with van der Waals surface area (Å²) in [5.41, 5.74) is 9.06. The molecule has 0 spiro atoms. The van der Waals surface area contributed by atoms with Crippen LogP contribution in [0.15, 0.2) is 60.7 Å². The van der Waals surface area contributed by atoms with Gasteiger partial charge < -0.3 is 0 Å². The van der Waals surface area contributed by atoms with Gasteiger partial charge in [-0.25, -0.2) is 0 Å². The number of hydrazine groups is 1. The van der Waals surface area contributed by atoms with Crippen molar-refractivity contribution in [1.82, 2.24) is 10.9 Å². The quantitative estimate of drug-likeness (QED) is 0.618. The summed E-state index contributed by atoms with van der Waals surface area (Å²) < 4.78 is 0. The van der Waals surface area contributed by atoms with Gasteiger partial charge in [-0.1, -0.05) is 62.4 Å². The van der Waals surface area contributed by atoms with Crippen molar-refractivity contribution in [3.05, 3.63) is 82.9 Å². The summed E-state index contributed by atoms with van der Waals surface area (Å²) in [6.07, 6.45) is 8.13. The highest BCUT2D eigenvalue weighted by atomic mass is 16.2. The van der Waals surface area contributed by atoms with Gasteiger partial charge in [-0.05, 0) is 47.2 Å². The molecule has 0 aliphatic carbocycles. The number of aryl methyl sites for hydroxylation is 2. The first-order chi connectivity index (χ1) is 12.6. The molecule has 4 nitrogen and oxygen atoms in total. The Labute approximate surface area is 154 Å². The van der Waals surface area contributed by atoms with Crippen molar-refractivity contribution >= 4 is 24.0 Å². The molecule has 26 heavy (non-hydrogen) atoms. The summed E-state index contributed by atoms with van der Waals surface area (Å²) in [4.78, 5) is 23.5. The summed E-state index contributed by atoms with van der Waals surface area (Å²) in [7, 11) is 0. The van der Waals surface area contributed by atoms with E-state index in [1.54, 1.807) is 12.2 Å².